The van der Waals surface area contributed by atoms with E-state index >= 15 is 0 Å². The highest BCUT2D eigenvalue weighted by Gasteiger charge is 2.42. The van der Waals surface area contributed by atoms with Crippen LogP contribution in [0.15, 0.2) is 23.3 Å². The summed E-state index contributed by atoms with van der Waals surface area (Å²) >= 11 is 0. The first-order valence-corrected chi connectivity index (χ1v) is 5.48. The van der Waals surface area contributed by atoms with Crippen molar-refractivity contribution >= 4 is 5.78 Å². The Kier molecular flexibility index (Phi) is 3.86. The molecule has 0 aromatic heterocycles. The van der Waals surface area contributed by atoms with E-state index in [1.54, 1.807) is 7.11 Å². The van der Waals surface area contributed by atoms with Gasteiger partial charge in [0, 0.05) is 13.5 Å². The van der Waals surface area contributed by atoms with E-state index in [0.29, 0.717) is 13.0 Å². The Morgan fingerprint density at radius 3 is 2.27 bits per heavy atom. The Morgan fingerprint density at radius 1 is 1.33 bits per heavy atom. The van der Waals surface area contributed by atoms with Gasteiger partial charge in [0.05, 0.1) is 12.0 Å². The van der Waals surface area contributed by atoms with Gasteiger partial charge in [-0.2, -0.15) is 0 Å². The van der Waals surface area contributed by atoms with Crippen LogP contribution in [0.3, 0.4) is 0 Å². The Bertz CT molecular complexity index is 292. The first kappa shape index (κ1) is 12.2. The highest BCUT2D eigenvalue weighted by molar-refractivity contribution is 5.92. The van der Waals surface area contributed by atoms with E-state index in [-0.39, 0.29) is 5.78 Å². The van der Waals surface area contributed by atoms with E-state index in [2.05, 4.69) is 0 Å². The second kappa shape index (κ2) is 4.75. The van der Waals surface area contributed by atoms with Gasteiger partial charge in [-0.05, 0) is 20.3 Å². The van der Waals surface area contributed by atoms with E-state index in [9.17, 15) is 4.79 Å². The van der Waals surface area contributed by atoms with Crippen molar-refractivity contribution < 1.29 is 9.53 Å². The first-order valence-electron chi connectivity index (χ1n) is 5.48. The quantitative estimate of drug-likeness (QED) is 0.694. The normalized spacial score (nSPS) is 18.7. The smallest absolute Gasteiger partial charge is 0.149 e. The van der Waals surface area contributed by atoms with E-state index in [0.717, 1.165) is 17.6 Å². The summed E-state index contributed by atoms with van der Waals surface area (Å²) in [7, 11) is 1.65. The molecule has 0 aromatic rings. The maximum atomic E-state index is 12.2. The third kappa shape index (κ3) is 1.91. The molecule has 0 saturated carbocycles. The van der Waals surface area contributed by atoms with Gasteiger partial charge in [0.25, 0.3) is 0 Å². The van der Waals surface area contributed by atoms with E-state index < -0.39 is 5.41 Å². The molecule has 2 heteroatoms. The summed E-state index contributed by atoms with van der Waals surface area (Å²) in [6.07, 6.45) is 5.58. The van der Waals surface area contributed by atoms with Crippen LogP contribution in [0.25, 0.3) is 0 Å². The molecule has 0 unspecified atom stereocenters. The average Bonchev–Trinajstić information content (AvgIpc) is 2.47. The van der Waals surface area contributed by atoms with Crippen molar-refractivity contribution in [2.24, 2.45) is 5.41 Å². The number of hydrogen-bond donors (Lipinski definition) is 0. The minimum atomic E-state index is -0.467. The SMILES string of the molecule is CCCC(=O)C1(COC)C(C)=CC=C1C. The van der Waals surface area contributed by atoms with E-state index in [1.807, 2.05) is 32.9 Å². The lowest BCUT2D eigenvalue weighted by atomic mass is 9.73. The van der Waals surface area contributed by atoms with Gasteiger partial charge in [0.15, 0.2) is 0 Å². The Labute approximate surface area is 92.0 Å². The molecule has 0 saturated heterocycles. The van der Waals surface area contributed by atoms with Crippen LogP contribution in [0.4, 0.5) is 0 Å². The molecule has 15 heavy (non-hydrogen) atoms. The van der Waals surface area contributed by atoms with Crippen LogP contribution < -0.4 is 0 Å². The number of carbonyl (C=O) groups is 1. The molecule has 1 aliphatic rings. The molecular formula is C13H20O2. The van der Waals surface area contributed by atoms with Crippen LogP contribution in [0.1, 0.15) is 33.6 Å². The molecule has 0 bridgehead atoms. The van der Waals surface area contributed by atoms with Gasteiger partial charge >= 0.3 is 0 Å². The molecule has 0 aliphatic heterocycles. The van der Waals surface area contributed by atoms with Crippen molar-refractivity contribution in [1.82, 2.24) is 0 Å². The van der Waals surface area contributed by atoms with Crippen molar-refractivity contribution in [2.45, 2.75) is 33.6 Å². The summed E-state index contributed by atoms with van der Waals surface area (Å²) in [6, 6.07) is 0. The zero-order valence-electron chi connectivity index (χ0n) is 10.1. The van der Waals surface area contributed by atoms with Crippen molar-refractivity contribution in [2.75, 3.05) is 13.7 Å². The van der Waals surface area contributed by atoms with Crippen LogP contribution in [0.2, 0.25) is 0 Å². The molecule has 0 heterocycles. The van der Waals surface area contributed by atoms with Gasteiger partial charge in [-0.3, -0.25) is 4.79 Å². The largest absolute Gasteiger partial charge is 0.383 e. The monoisotopic (exact) mass is 208 g/mol. The van der Waals surface area contributed by atoms with Crippen LogP contribution >= 0.6 is 0 Å². The minimum Gasteiger partial charge on any atom is -0.383 e. The van der Waals surface area contributed by atoms with Gasteiger partial charge in [-0.25, -0.2) is 0 Å². The summed E-state index contributed by atoms with van der Waals surface area (Å²) in [5, 5.41) is 0. The fourth-order valence-corrected chi connectivity index (χ4v) is 2.25. The molecule has 0 amide bonds. The number of Topliss-reactive ketones (excluding diaryl/α,β-unsaturated/α-hetero) is 1. The summed E-state index contributed by atoms with van der Waals surface area (Å²) in [6.45, 7) is 6.53. The Morgan fingerprint density at radius 2 is 1.87 bits per heavy atom. The fraction of sp³-hybridized carbons (Fsp3) is 0.615. The molecule has 0 fully saturated rings. The number of ether oxygens (including phenoxy) is 1. The third-order valence-corrected chi connectivity index (χ3v) is 3.24. The highest BCUT2D eigenvalue weighted by Crippen LogP contribution is 2.42. The second-order valence-electron chi connectivity index (χ2n) is 4.21. The predicted molar refractivity (Wildman–Crippen MR) is 61.7 cm³/mol. The van der Waals surface area contributed by atoms with Gasteiger partial charge < -0.3 is 4.74 Å². The zero-order valence-corrected chi connectivity index (χ0v) is 10.1. The summed E-state index contributed by atoms with van der Waals surface area (Å²) in [5.41, 5.74) is 1.76. The van der Waals surface area contributed by atoms with E-state index in [4.69, 9.17) is 4.74 Å². The van der Waals surface area contributed by atoms with Gasteiger partial charge in [0.1, 0.15) is 5.78 Å². The lowest BCUT2D eigenvalue weighted by molar-refractivity contribution is -0.127. The first-order chi connectivity index (χ1) is 7.09. The molecule has 1 aliphatic carbocycles. The van der Waals surface area contributed by atoms with Crippen molar-refractivity contribution in [3.8, 4) is 0 Å². The number of methoxy groups -OCH3 is 1. The van der Waals surface area contributed by atoms with Gasteiger partial charge in [0.2, 0.25) is 0 Å². The number of ketones is 1. The molecule has 0 atom stereocenters. The fourth-order valence-electron chi connectivity index (χ4n) is 2.25. The van der Waals surface area contributed by atoms with Crippen molar-refractivity contribution in [3.63, 3.8) is 0 Å². The van der Waals surface area contributed by atoms with Crippen LogP contribution in [-0.4, -0.2) is 19.5 Å². The standard InChI is InChI=1S/C13H20O2/c1-5-6-12(14)13(9-15-4)10(2)7-8-11(13)3/h7-8H,5-6,9H2,1-4H3. The maximum absolute atomic E-state index is 12.2. The third-order valence-electron chi connectivity index (χ3n) is 3.24. The van der Waals surface area contributed by atoms with Crippen LogP contribution in [0.5, 0.6) is 0 Å². The molecular weight excluding hydrogens is 188 g/mol. The Balaban J connectivity index is 3.03. The van der Waals surface area contributed by atoms with E-state index in [1.165, 1.54) is 0 Å². The Hall–Kier alpha value is -0.890. The summed E-state index contributed by atoms with van der Waals surface area (Å²) in [5.74, 6) is 0.284. The molecule has 0 N–H and O–H groups in total. The predicted octanol–water partition coefficient (Wildman–Crippen LogP) is 2.89. The lowest BCUT2D eigenvalue weighted by Gasteiger charge is -2.31. The molecule has 1 rings (SSSR count). The van der Waals surface area contributed by atoms with Crippen LogP contribution in [-0.2, 0) is 9.53 Å². The molecule has 2 nitrogen and oxygen atoms in total. The number of hydrogen-bond acceptors (Lipinski definition) is 2. The van der Waals surface area contributed by atoms with Gasteiger partial charge in [-0.15, -0.1) is 0 Å². The molecule has 0 aromatic carbocycles. The number of allylic oxidation sites excluding steroid dienone is 2. The summed E-state index contributed by atoms with van der Waals surface area (Å²) in [4.78, 5) is 12.2. The molecule has 0 radical (unpaired) electrons. The second-order valence-corrected chi connectivity index (χ2v) is 4.21. The summed E-state index contributed by atoms with van der Waals surface area (Å²) < 4.78 is 5.23. The number of carbonyl (C=O) groups excluding carboxylic acids is 1. The molecule has 84 valence electrons. The van der Waals surface area contributed by atoms with Crippen molar-refractivity contribution in [3.05, 3.63) is 23.3 Å². The van der Waals surface area contributed by atoms with Crippen molar-refractivity contribution in [1.29, 1.82) is 0 Å². The maximum Gasteiger partial charge on any atom is 0.149 e. The number of rotatable bonds is 5. The lowest BCUT2D eigenvalue weighted by Crippen LogP contribution is -2.36. The zero-order chi connectivity index (χ0) is 11.5. The average molecular weight is 208 g/mol. The highest BCUT2D eigenvalue weighted by atomic mass is 16.5. The minimum absolute atomic E-state index is 0.284. The van der Waals surface area contributed by atoms with Crippen LogP contribution in [0, 0.1) is 5.41 Å². The topological polar surface area (TPSA) is 26.3 Å². The van der Waals surface area contributed by atoms with Gasteiger partial charge in [-0.1, -0.05) is 30.2 Å². The molecule has 0 spiro atoms.